The minimum Gasteiger partial charge on any atom is -0.392 e. The van der Waals surface area contributed by atoms with E-state index in [0.717, 1.165) is 52.1 Å². The summed E-state index contributed by atoms with van der Waals surface area (Å²) in [6.45, 7) is 14.0. The van der Waals surface area contributed by atoms with E-state index in [1.165, 1.54) is 5.17 Å². The molecule has 1 atom stereocenters. The van der Waals surface area contributed by atoms with Gasteiger partial charge in [-0.15, -0.1) is 6.58 Å². The molecule has 0 aromatic rings. The third-order valence-electron chi connectivity index (χ3n) is 3.78. The summed E-state index contributed by atoms with van der Waals surface area (Å²) < 4.78 is 0.257. The Morgan fingerprint density at radius 3 is 2.65 bits per heavy atom. The summed E-state index contributed by atoms with van der Waals surface area (Å²) in [6, 6.07) is 0. The zero-order valence-electron chi connectivity index (χ0n) is 12.7. The largest absolute Gasteiger partial charge is 0.392 e. The number of rotatable bonds is 5. The van der Waals surface area contributed by atoms with Crippen molar-refractivity contribution >= 4 is 16.9 Å². The molecule has 0 bridgehead atoms. The van der Waals surface area contributed by atoms with Crippen LogP contribution >= 0.6 is 11.8 Å². The summed E-state index contributed by atoms with van der Waals surface area (Å²) in [5.41, 5.74) is 0. The fourth-order valence-corrected chi connectivity index (χ4v) is 3.62. The van der Waals surface area contributed by atoms with E-state index in [1.54, 1.807) is 0 Å². The predicted molar refractivity (Wildman–Crippen MR) is 87.4 cm³/mol. The van der Waals surface area contributed by atoms with E-state index in [4.69, 9.17) is 0 Å². The first-order valence-corrected chi connectivity index (χ1v) is 8.31. The Labute approximate surface area is 126 Å². The molecule has 5 heteroatoms. The highest BCUT2D eigenvalue weighted by Gasteiger charge is 2.31. The van der Waals surface area contributed by atoms with Crippen molar-refractivity contribution in [2.75, 3.05) is 39.3 Å². The van der Waals surface area contributed by atoms with Gasteiger partial charge >= 0.3 is 0 Å². The lowest BCUT2D eigenvalue weighted by atomic mass is 10.2. The maximum atomic E-state index is 9.95. The van der Waals surface area contributed by atoms with Crippen LogP contribution in [0.5, 0.6) is 0 Å². The Morgan fingerprint density at radius 1 is 1.40 bits per heavy atom. The zero-order valence-corrected chi connectivity index (χ0v) is 13.5. The van der Waals surface area contributed by atoms with E-state index >= 15 is 0 Å². The van der Waals surface area contributed by atoms with Crippen LogP contribution in [0.3, 0.4) is 0 Å². The Hall–Kier alpha value is -0.520. The second-order valence-electron chi connectivity index (χ2n) is 6.27. The van der Waals surface area contributed by atoms with Gasteiger partial charge in [-0.05, 0) is 26.7 Å². The van der Waals surface area contributed by atoms with Crippen molar-refractivity contribution in [3.63, 3.8) is 0 Å². The van der Waals surface area contributed by atoms with E-state index in [2.05, 4.69) is 35.2 Å². The molecule has 0 amide bonds. The molecule has 0 aliphatic carbocycles. The molecule has 2 heterocycles. The Bertz CT molecular complexity index is 362. The minimum atomic E-state index is -0.225. The first-order valence-electron chi connectivity index (χ1n) is 7.50. The SMILES string of the molecule is C=CCC[C@H](O)CN1CCN(C2=NCC(C)(C)S2)CC1. The number of hydrogen-bond acceptors (Lipinski definition) is 5. The average Bonchev–Trinajstić information content (AvgIpc) is 2.77. The van der Waals surface area contributed by atoms with E-state index in [9.17, 15) is 5.11 Å². The fraction of sp³-hybridized carbons (Fsp3) is 0.800. The Morgan fingerprint density at radius 2 is 2.10 bits per heavy atom. The summed E-state index contributed by atoms with van der Waals surface area (Å²) in [5.74, 6) is 0. The summed E-state index contributed by atoms with van der Waals surface area (Å²) >= 11 is 1.90. The van der Waals surface area contributed by atoms with Crippen LogP contribution in [-0.4, -0.2) is 70.2 Å². The molecule has 20 heavy (non-hydrogen) atoms. The molecule has 1 saturated heterocycles. The van der Waals surface area contributed by atoms with Crippen LogP contribution < -0.4 is 0 Å². The molecule has 0 aromatic carbocycles. The van der Waals surface area contributed by atoms with Crippen LogP contribution in [0.4, 0.5) is 0 Å². The van der Waals surface area contributed by atoms with E-state index in [1.807, 2.05) is 17.8 Å². The first kappa shape index (κ1) is 15.9. The molecule has 0 spiro atoms. The highest BCUT2D eigenvalue weighted by atomic mass is 32.2. The number of hydrogen-bond donors (Lipinski definition) is 1. The van der Waals surface area contributed by atoms with Crippen LogP contribution in [-0.2, 0) is 0 Å². The molecule has 114 valence electrons. The lowest BCUT2D eigenvalue weighted by Gasteiger charge is -2.36. The van der Waals surface area contributed by atoms with Crippen LogP contribution in [0, 0.1) is 0 Å². The van der Waals surface area contributed by atoms with Crippen molar-refractivity contribution in [1.29, 1.82) is 0 Å². The smallest absolute Gasteiger partial charge is 0.159 e. The average molecular weight is 297 g/mol. The van der Waals surface area contributed by atoms with Gasteiger partial charge < -0.3 is 10.0 Å². The summed E-state index contributed by atoms with van der Waals surface area (Å²) in [6.07, 6.45) is 3.36. The quantitative estimate of drug-likeness (QED) is 0.786. The zero-order chi connectivity index (χ0) is 14.6. The molecule has 0 radical (unpaired) electrons. The van der Waals surface area contributed by atoms with Crippen LogP contribution in [0.2, 0.25) is 0 Å². The van der Waals surface area contributed by atoms with Gasteiger partial charge in [-0.2, -0.15) is 0 Å². The lowest BCUT2D eigenvalue weighted by Crippen LogP contribution is -2.49. The second-order valence-corrected chi connectivity index (χ2v) is 7.94. The van der Waals surface area contributed by atoms with Gasteiger partial charge in [0.2, 0.25) is 0 Å². The van der Waals surface area contributed by atoms with Crippen LogP contribution in [0.1, 0.15) is 26.7 Å². The first-order chi connectivity index (χ1) is 9.50. The molecule has 0 saturated carbocycles. The summed E-state index contributed by atoms with van der Waals surface area (Å²) in [4.78, 5) is 9.42. The van der Waals surface area contributed by atoms with Crippen LogP contribution in [0.25, 0.3) is 0 Å². The number of aliphatic hydroxyl groups is 1. The number of aliphatic imine (C=N–C) groups is 1. The Kier molecular flexibility index (Phi) is 5.52. The van der Waals surface area contributed by atoms with Gasteiger partial charge in [0.25, 0.3) is 0 Å². The van der Waals surface area contributed by atoms with E-state index < -0.39 is 0 Å². The van der Waals surface area contributed by atoms with Gasteiger partial charge in [-0.25, -0.2) is 0 Å². The van der Waals surface area contributed by atoms with Gasteiger partial charge in [0.05, 0.1) is 12.6 Å². The highest BCUT2D eigenvalue weighted by molar-refractivity contribution is 8.15. The van der Waals surface area contributed by atoms with Gasteiger partial charge in [-0.3, -0.25) is 9.89 Å². The van der Waals surface area contributed by atoms with Crippen molar-refractivity contribution in [3.05, 3.63) is 12.7 Å². The lowest BCUT2D eigenvalue weighted by molar-refractivity contribution is 0.0856. The number of allylic oxidation sites excluding steroid dienone is 1. The number of amidine groups is 1. The second kappa shape index (κ2) is 6.96. The van der Waals surface area contributed by atoms with Crippen molar-refractivity contribution < 1.29 is 5.11 Å². The van der Waals surface area contributed by atoms with Crippen molar-refractivity contribution in [2.24, 2.45) is 4.99 Å². The minimum absolute atomic E-state index is 0.225. The molecule has 2 aliphatic rings. The monoisotopic (exact) mass is 297 g/mol. The number of β-amino-alcohol motifs (C(OH)–C–C–N with tert-alkyl or cyclic N) is 1. The summed E-state index contributed by atoms with van der Waals surface area (Å²) in [5, 5.41) is 11.2. The third kappa shape index (κ3) is 4.50. The topological polar surface area (TPSA) is 39.1 Å². The molecule has 1 fully saturated rings. The van der Waals surface area contributed by atoms with Gasteiger partial charge in [0.15, 0.2) is 5.17 Å². The normalized spacial score (nSPS) is 24.6. The van der Waals surface area contributed by atoms with Gasteiger partial charge in [0.1, 0.15) is 0 Å². The number of aliphatic hydroxyl groups excluding tert-OH is 1. The van der Waals surface area contributed by atoms with Crippen LogP contribution in [0.15, 0.2) is 17.6 Å². The molecule has 1 N–H and O–H groups in total. The van der Waals surface area contributed by atoms with Crippen molar-refractivity contribution in [3.8, 4) is 0 Å². The molecule has 4 nitrogen and oxygen atoms in total. The number of thioether (sulfide) groups is 1. The molecule has 0 unspecified atom stereocenters. The maximum Gasteiger partial charge on any atom is 0.159 e. The van der Waals surface area contributed by atoms with E-state index in [-0.39, 0.29) is 10.9 Å². The molecule has 0 aromatic heterocycles. The molecule has 2 rings (SSSR count). The fourth-order valence-electron chi connectivity index (χ4n) is 2.56. The molecule has 2 aliphatic heterocycles. The van der Waals surface area contributed by atoms with Gasteiger partial charge in [-0.1, -0.05) is 17.8 Å². The molecular weight excluding hydrogens is 270 g/mol. The van der Waals surface area contributed by atoms with Gasteiger partial charge in [0, 0.05) is 37.5 Å². The standard InChI is InChI=1S/C15H27N3OS/c1-4-5-6-13(19)11-17-7-9-18(10-8-17)14-16-12-15(2,3)20-14/h4,13,19H,1,5-12H2,2-3H3/t13-/m0/s1. The predicted octanol–water partition coefficient (Wildman–Crippen LogP) is 1.81. The maximum absolute atomic E-state index is 9.95. The number of nitrogens with zero attached hydrogens (tertiary/aromatic N) is 3. The number of piperazine rings is 1. The summed E-state index contributed by atoms with van der Waals surface area (Å²) in [7, 11) is 0. The van der Waals surface area contributed by atoms with Crippen molar-refractivity contribution in [1.82, 2.24) is 9.80 Å². The van der Waals surface area contributed by atoms with Crippen molar-refractivity contribution in [2.45, 2.75) is 37.5 Å². The van der Waals surface area contributed by atoms with E-state index in [0.29, 0.717) is 0 Å². The highest BCUT2D eigenvalue weighted by Crippen LogP contribution is 2.33. The molecular formula is C15H27N3OS. The Balaban J connectivity index is 1.71. The third-order valence-corrected chi connectivity index (χ3v) is 5.03.